The Balaban J connectivity index is 1.74. The van der Waals surface area contributed by atoms with Crippen molar-refractivity contribution in [3.05, 3.63) is 72.5 Å². The first-order chi connectivity index (χ1) is 17.2. The summed E-state index contributed by atoms with van der Waals surface area (Å²) in [5.74, 6) is 0.0449. The molecular formula is C27H30FN7O. The van der Waals surface area contributed by atoms with E-state index in [0.717, 1.165) is 35.5 Å². The number of nitrogens with zero attached hydrogens (tertiary/aromatic N) is 4. The molecule has 0 radical (unpaired) electrons. The van der Waals surface area contributed by atoms with Gasteiger partial charge in [0.25, 0.3) is 0 Å². The van der Waals surface area contributed by atoms with E-state index in [1.807, 2.05) is 42.5 Å². The van der Waals surface area contributed by atoms with Gasteiger partial charge in [-0.2, -0.15) is 0 Å². The molecule has 9 heteroatoms. The number of tetrazole rings is 1. The van der Waals surface area contributed by atoms with Gasteiger partial charge in [-0.05, 0) is 58.2 Å². The summed E-state index contributed by atoms with van der Waals surface area (Å²) in [5, 5.41) is 19.8. The minimum absolute atomic E-state index is 0.0350. The second kappa shape index (κ2) is 10.6. The Morgan fingerprint density at radius 3 is 2.33 bits per heavy atom. The first-order valence-electron chi connectivity index (χ1n) is 11.8. The molecule has 4 rings (SSSR count). The van der Waals surface area contributed by atoms with Crippen LogP contribution >= 0.6 is 0 Å². The van der Waals surface area contributed by atoms with Crippen molar-refractivity contribution >= 4 is 23.1 Å². The number of urea groups is 1. The number of halogens is 1. The number of carbonyl (C=O) groups excluding carboxylic acids is 1. The van der Waals surface area contributed by atoms with Gasteiger partial charge in [0, 0.05) is 18.7 Å². The van der Waals surface area contributed by atoms with Gasteiger partial charge >= 0.3 is 6.03 Å². The number of anilines is 3. The van der Waals surface area contributed by atoms with Crippen LogP contribution in [0.1, 0.15) is 27.7 Å². The van der Waals surface area contributed by atoms with Gasteiger partial charge in [-0.1, -0.05) is 63.2 Å². The lowest BCUT2D eigenvalue weighted by Gasteiger charge is -2.32. The quantitative estimate of drug-likeness (QED) is 0.289. The number of aromatic nitrogens is 4. The molecule has 1 heterocycles. The van der Waals surface area contributed by atoms with E-state index in [9.17, 15) is 9.18 Å². The minimum atomic E-state index is -0.530. The van der Waals surface area contributed by atoms with Gasteiger partial charge in [0.1, 0.15) is 5.82 Å². The Bertz CT molecular complexity index is 1330. The number of hydrogen-bond acceptors (Lipinski definition) is 5. The van der Waals surface area contributed by atoms with Crippen LogP contribution in [0.15, 0.2) is 66.7 Å². The van der Waals surface area contributed by atoms with Crippen molar-refractivity contribution in [1.82, 2.24) is 20.6 Å². The summed E-state index contributed by atoms with van der Waals surface area (Å²) < 4.78 is 14.1. The minimum Gasteiger partial charge on any atom is -0.370 e. The molecule has 2 amide bonds. The molecule has 0 aliphatic carbocycles. The van der Waals surface area contributed by atoms with Crippen molar-refractivity contribution in [3.8, 4) is 22.5 Å². The van der Waals surface area contributed by atoms with E-state index in [-0.39, 0.29) is 11.1 Å². The van der Waals surface area contributed by atoms with Gasteiger partial charge in [-0.3, -0.25) is 0 Å². The highest BCUT2D eigenvalue weighted by Crippen LogP contribution is 2.36. The number of para-hydroxylation sites is 1. The summed E-state index contributed by atoms with van der Waals surface area (Å²) in [7, 11) is 0. The number of benzene rings is 3. The molecule has 1 aromatic heterocycles. The predicted octanol–water partition coefficient (Wildman–Crippen LogP) is 6.19. The number of aromatic amines is 1. The summed E-state index contributed by atoms with van der Waals surface area (Å²) in [6.07, 6.45) is 0. The molecule has 0 atom stereocenters. The molecule has 4 aromatic rings. The van der Waals surface area contributed by atoms with Crippen molar-refractivity contribution < 1.29 is 9.18 Å². The zero-order valence-corrected chi connectivity index (χ0v) is 20.8. The fraction of sp³-hybridized carbons (Fsp3) is 0.259. The van der Waals surface area contributed by atoms with Gasteiger partial charge in [0.05, 0.1) is 17.1 Å². The molecule has 186 valence electrons. The van der Waals surface area contributed by atoms with Crippen LogP contribution in [-0.2, 0) is 0 Å². The van der Waals surface area contributed by atoms with Crippen LogP contribution in [0.2, 0.25) is 0 Å². The van der Waals surface area contributed by atoms with Crippen LogP contribution in [0.25, 0.3) is 22.5 Å². The van der Waals surface area contributed by atoms with Crippen molar-refractivity contribution in [2.45, 2.75) is 27.7 Å². The van der Waals surface area contributed by atoms with Gasteiger partial charge in [-0.15, -0.1) is 5.10 Å². The fourth-order valence-corrected chi connectivity index (χ4v) is 4.07. The van der Waals surface area contributed by atoms with E-state index in [0.29, 0.717) is 11.5 Å². The highest BCUT2D eigenvalue weighted by molar-refractivity contribution is 6.02. The third-order valence-electron chi connectivity index (χ3n) is 5.59. The van der Waals surface area contributed by atoms with Crippen LogP contribution in [0, 0.1) is 11.2 Å². The Labute approximate surface area is 209 Å². The van der Waals surface area contributed by atoms with Crippen molar-refractivity contribution in [2.24, 2.45) is 5.41 Å². The number of rotatable bonds is 7. The number of nitrogens with one attached hydrogen (secondary N) is 3. The van der Waals surface area contributed by atoms with Crippen LogP contribution in [0.3, 0.4) is 0 Å². The van der Waals surface area contributed by atoms with Crippen molar-refractivity contribution in [3.63, 3.8) is 0 Å². The Hall–Kier alpha value is -4.27. The molecule has 8 nitrogen and oxygen atoms in total. The van der Waals surface area contributed by atoms with Crippen LogP contribution in [-0.4, -0.2) is 39.7 Å². The van der Waals surface area contributed by atoms with Crippen molar-refractivity contribution in [2.75, 3.05) is 28.6 Å². The van der Waals surface area contributed by atoms with Crippen LogP contribution in [0.5, 0.6) is 0 Å². The largest absolute Gasteiger partial charge is 0.370 e. The van der Waals surface area contributed by atoms with E-state index >= 15 is 0 Å². The van der Waals surface area contributed by atoms with Gasteiger partial charge < -0.3 is 15.5 Å². The normalized spacial score (nSPS) is 11.2. The summed E-state index contributed by atoms with van der Waals surface area (Å²) in [5.41, 5.74) is 4.24. The van der Waals surface area contributed by atoms with E-state index < -0.39 is 11.8 Å². The molecule has 0 aliphatic heterocycles. The number of carbonyl (C=O) groups is 1. The molecule has 36 heavy (non-hydrogen) atoms. The molecule has 0 unspecified atom stereocenters. The summed E-state index contributed by atoms with van der Waals surface area (Å²) in [6.45, 7) is 10.1. The maximum atomic E-state index is 14.1. The second-order valence-corrected chi connectivity index (χ2v) is 9.66. The van der Waals surface area contributed by atoms with Crippen LogP contribution in [0.4, 0.5) is 26.2 Å². The molecule has 0 bridgehead atoms. The van der Waals surface area contributed by atoms with E-state index in [1.54, 1.807) is 12.1 Å². The number of H-pyrrole nitrogens is 1. The summed E-state index contributed by atoms with van der Waals surface area (Å²) in [4.78, 5) is 15.2. The zero-order chi connectivity index (χ0) is 25.7. The maximum absolute atomic E-state index is 14.1. The van der Waals surface area contributed by atoms with E-state index in [1.165, 1.54) is 12.1 Å². The molecule has 0 aliphatic rings. The zero-order valence-electron chi connectivity index (χ0n) is 20.8. The average molecular weight is 488 g/mol. The third kappa shape index (κ3) is 5.86. The second-order valence-electron chi connectivity index (χ2n) is 9.66. The summed E-state index contributed by atoms with van der Waals surface area (Å²) in [6, 6.07) is 19.2. The molecule has 0 spiro atoms. The topological polar surface area (TPSA) is 98.8 Å². The van der Waals surface area contributed by atoms with E-state index in [4.69, 9.17) is 0 Å². The molecular weight excluding hydrogens is 457 g/mol. The first-order valence-corrected chi connectivity index (χ1v) is 11.8. The molecule has 3 N–H and O–H groups in total. The van der Waals surface area contributed by atoms with Gasteiger partial charge in [-0.25, -0.2) is 14.3 Å². The number of hydrogen-bond donors (Lipinski definition) is 3. The highest BCUT2D eigenvalue weighted by Gasteiger charge is 2.20. The predicted molar refractivity (Wildman–Crippen MR) is 141 cm³/mol. The van der Waals surface area contributed by atoms with E-state index in [2.05, 4.69) is 63.9 Å². The molecule has 3 aromatic carbocycles. The van der Waals surface area contributed by atoms with Gasteiger partial charge in [0.15, 0.2) is 5.82 Å². The SMILES string of the molecule is CCN(CC(C)(C)C)c1ccc(-c2ccccc2-c2nnn[nH]2)cc1NC(=O)Nc1ccccc1F. The maximum Gasteiger partial charge on any atom is 0.323 e. The van der Waals surface area contributed by atoms with Crippen molar-refractivity contribution in [1.29, 1.82) is 0 Å². The Morgan fingerprint density at radius 2 is 1.67 bits per heavy atom. The lowest BCUT2D eigenvalue weighted by molar-refractivity contribution is 0.262. The molecule has 0 saturated carbocycles. The Morgan fingerprint density at radius 1 is 0.972 bits per heavy atom. The Kier molecular flexibility index (Phi) is 7.28. The van der Waals surface area contributed by atoms with Crippen LogP contribution < -0.4 is 15.5 Å². The number of amides is 2. The average Bonchev–Trinajstić information content (AvgIpc) is 3.38. The fourth-order valence-electron chi connectivity index (χ4n) is 4.07. The smallest absolute Gasteiger partial charge is 0.323 e. The monoisotopic (exact) mass is 487 g/mol. The first kappa shape index (κ1) is 24.8. The van der Waals surface area contributed by atoms with Gasteiger partial charge in [0.2, 0.25) is 0 Å². The molecule has 0 saturated heterocycles. The third-order valence-corrected chi connectivity index (χ3v) is 5.59. The standard InChI is InChI=1S/C27H30FN7O/c1-5-35(17-27(2,3)4)24-15-14-18(19-10-6-7-11-20(19)25-31-33-34-32-25)16-23(24)30-26(36)29-22-13-9-8-12-21(22)28/h6-16H,5,17H2,1-4H3,(H2,29,30,36)(H,31,32,33,34). The lowest BCUT2D eigenvalue weighted by atomic mass is 9.95. The summed E-state index contributed by atoms with van der Waals surface area (Å²) >= 11 is 0. The highest BCUT2D eigenvalue weighted by atomic mass is 19.1. The lowest BCUT2D eigenvalue weighted by Crippen LogP contribution is -2.33. The molecule has 0 fully saturated rings.